The topological polar surface area (TPSA) is 28.2 Å². The van der Waals surface area contributed by atoms with Gasteiger partial charge in [-0.25, -0.2) is 0 Å². The number of rotatable bonds is 9. The van der Waals surface area contributed by atoms with Crippen molar-refractivity contribution in [2.45, 2.75) is 77.4 Å². The molecule has 2 rings (SSSR count). The lowest BCUT2D eigenvalue weighted by atomic mass is 10.1. The summed E-state index contributed by atoms with van der Waals surface area (Å²) < 4.78 is 0. The number of hydrogen-bond donors (Lipinski definition) is 1. The van der Waals surface area contributed by atoms with Gasteiger partial charge in [-0.2, -0.15) is 0 Å². The van der Waals surface area contributed by atoms with Gasteiger partial charge in [0.25, 0.3) is 0 Å². The quantitative estimate of drug-likeness (QED) is 0.543. The molecule has 122 valence electrons. The summed E-state index contributed by atoms with van der Waals surface area (Å²) in [5.41, 5.74) is 1.28. The molecule has 22 heavy (non-hydrogen) atoms. The Hall–Kier alpha value is -1.16. The van der Waals surface area contributed by atoms with Gasteiger partial charge in [0.2, 0.25) is 0 Å². The highest BCUT2D eigenvalue weighted by Gasteiger charge is 2.31. The fraction of sp³-hybridized carbons (Fsp3) is 0.667. The highest BCUT2D eigenvalue weighted by Crippen LogP contribution is 2.28. The fourth-order valence-corrected chi connectivity index (χ4v) is 3.09. The predicted octanol–water partition coefficient (Wildman–Crippen LogP) is 4.28. The molecule has 1 aliphatic rings. The molecule has 0 aliphatic heterocycles. The molecule has 0 amide bonds. The van der Waals surface area contributed by atoms with E-state index in [0.29, 0.717) is 12.1 Å². The van der Waals surface area contributed by atoms with Crippen LogP contribution in [0.5, 0.6) is 0 Å². The summed E-state index contributed by atoms with van der Waals surface area (Å²) in [6.07, 6.45) is 12.5. The summed E-state index contributed by atoms with van der Waals surface area (Å²) in [5, 5.41) is 4.54. The van der Waals surface area contributed by atoms with Crippen molar-refractivity contribution >= 4 is 17.3 Å². The van der Waals surface area contributed by atoms with Crippen LogP contribution in [0.4, 0.5) is 0 Å². The van der Waals surface area contributed by atoms with Crippen LogP contribution in [0.15, 0.2) is 24.5 Å². The lowest BCUT2D eigenvalue weighted by molar-refractivity contribution is 0.381. The molecular formula is C18H29N3S. The van der Waals surface area contributed by atoms with Gasteiger partial charge in [-0.3, -0.25) is 4.98 Å². The molecule has 0 spiro atoms. The largest absolute Gasteiger partial charge is 0.360 e. The standard InChI is InChI=1S/C18H29N3S/c1-3-5-6-7-16(4-2)20-18(22)21(17-8-9-17)14-15-10-12-19-13-11-15/h10-13,16-17H,3-9,14H2,1-2H3,(H,20,22). The first-order valence-corrected chi connectivity index (χ1v) is 9.11. The van der Waals surface area contributed by atoms with Gasteiger partial charge in [-0.05, 0) is 55.6 Å². The van der Waals surface area contributed by atoms with E-state index in [-0.39, 0.29) is 0 Å². The number of nitrogens with zero attached hydrogens (tertiary/aromatic N) is 2. The molecule has 1 saturated carbocycles. The van der Waals surface area contributed by atoms with E-state index < -0.39 is 0 Å². The van der Waals surface area contributed by atoms with E-state index in [4.69, 9.17) is 12.2 Å². The van der Waals surface area contributed by atoms with Crippen molar-refractivity contribution in [3.05, 3.63) is 30.1 Å². The number of nitrogens with one attached hydrogen (secondary N) is 1. The number of pyridine rings is 1. The maximum Gasteiger partial charge on any atom is 0.169 e. The Labute approximate surface area is 140 Å². The Bertz CT molecular complexity index is 445. The first kappa shape index (κ1) is 17.2. The van der Waals surface area contributed by atoms with Crippen LogP contribution in [0.3, 0.4) is 0 Å². The normalized spacial score (nSPS) is 15.4. The van der Waals surface area contributed by atoms with Crippen molar-refractivity contribution < 1.29 is 0 Å². The molecule has 0 bridgehead atoms. The Morgan fingerprint density at radius 2 is 2.05 bits per heavy atom. The average Bonchev–Trinajstić information content (AvgIpc) is 3.37. The molecule has 1 heterocycles. The highest BCUT2D eigenvalue weighted by atomic mass is 32.1. The van der Waals surface area contributed by atoms with Crippen LogP contribution in [0.2, 0.25) is 0 Å². The molecule has 4 heteroatoms. The zero-order valence-corrected chi connectivity index (χ0v) is 14.7. The number of unbranched alkanes of at least 4 members (excludes halogenated alkanes) is 2. The third-order valence-electron chi connectivity index (χ3n) is 4.33. The van der Waals surface area contributed by atoms with Crippen molar-refractivity contribution in [3.63, 3.8) is 0 Å². The summed E-state index contributed by atoms with van der Waals surface area (Å²) >= 11 is 5.71. The van der Waals surface area contributed by atoms with E-state index in [0.717, 1.165) is 18.1 Å². The minimum Gasteiger partial charge on any atom is -0.360 e. The first-order valence-electron chi connectivity index (χ1n) is 8.70. The molecule has 0 radical (unpaired) electrons. The van der Waals surface area contributed by atoms with Crippen LogP contribution >= 0.6 is 12.2 Å². The monoisotopic (exact) mass is 319 g/mol. The van der Waals surface area contributed by atoms with Crippen LogP contribution in [-0.2, 0) is 6.54 Å². The summed E-state index contributed by atoms with van der Waals surface area (Å²) in [4.78, 5) is 6.46. The Morgan fingerprint density at radius 1 is 1.32 bits per heavy atom. The van der Waals surface area contributed by atoms with Crippen molar-refractivity contribution in [3.8, 4) is 0 Å². The lowest BCUT2D eigenvalue weighted by Gasteiger charge is -2.29. The van der Waals surface area contributed by atoms with E-state index >= 15 is 0 Å². The average molecular weight is 320 g/mol. The molecule has 1 N–H and O–H groups in total. The van der Waals surface area contributed by atoms with Gasteiger partial charge < -0.3 is 10.2 Å². The van der Waals surface area contributed by atoms with Gasteiger partial charge in [-0.1, -0.05) is 33.1 Å². The van der Waals surface area contributed by atoms with Crippen LogP contribution < -0.4 is 5.32 Å². The number of aromatic nitrogens is 1. The zero-order valence-electron chi connectivity index (χ0n) is 13.9. The molecule has 1 atom stereocenters. The summed E-state index contributed by atoms with van der Waals surface area (Å²) in [7, 11) is 0. The highest BCUT2D eigenvalue weighted by molar-refractivity contribution is 7.80. The Morgan fingerprint density at radius 3 is 2.64 bits per heavy atom. The first-order chi connectivity index (χ1) is 10.7. The molecule has 1 aliphatic carbocycles. The molecule has 1 unspecified atom stereocenters. The van der Waals surface area contributed by atoms with E-state index in [2.05, 4.69) is 41.2 Å². The summed E-state index contributed by atoms with van der Waals surface area (Å²) in [5.74, 6) is 0. The second-order valence-corrected chi connectivity index (χ2v) is 6.65. The molecule has 0 saturated heterocycles. The third kappa shape index (κ3) is 5.56. The zero-order chi connectivity index (χ0) is 15.8. The smallest absolute Gasteiger partial charge is 0.169 e. The fourth-order valence-electron chi connectivity index (χ4n) is 2.71. The Balaban J connectivity index is 1.89. The third-order valence-corrected chi connectivity index (χ3v) is 4.68. The molecule has 1 aromatic heterocycles. The van der Waals surface area contributed by atoms with E-state index in [1.165, 1.54) is 44.1 Å². The summed E-state index contributed by atoms with van der Waals surface area (Å²) in [6.45, 7) is 5.39. The molecule has 3 nitrogen and oxygen atoms in total. The minimum atomic E-state index is 0.512. The summed E-state index contributed by atoms with van der Waals surface area (Å²) in [6, 6.07) is 5.30. The predicted molar refractivity (Wildman–Crippen MR) is 96.8 cm³/mol. The maximum atomic E-state index is 5.71. The van der Waals surface area contributed by atoms with Crippen molar-refractivity contribution in [1.29, 1.82) is 0 Å². The van der Waals surface area contributed by atoms with Gasteiger partial charge >= 0.3 is 0 Å². The lowest BCUT2D eigenvalue weighted by Crippen LogP contribution is -2.45. The minimum absolute atomic E-state index is 0.512. The van der Waals surface area contributed by atoms with Gasteiger partial charge in [0.1, 0.15) is 0 Å². The molecule has 1 aromatic rings. The van der Waals surface area contributed by atoms with E-state index in [9.17, 15) is 0 Å². The van der Waals surface area contributed by atoms with Gasteiger partial charge in [0.15, 0.2) is 5.11 Å². The van der Waals surface area contributed by atoms with E-state index in [1.807, 2.05) is 12.4 Å². The SMILES string of the molecule is CCCCCC(CC)NC(=S)N(Cc1ccncc1)C1CC1. The van der Waals surface area contributed by atoms with Gasteiger partial charge in [0, 0.05) is 31.0 Å². The van der Waals surface area contributed by atoms with E-state index in [1.54, 1.807) is 0 Å². The van der Waals surface area contributed by atoms with Crippen molar-refractivity contribution in [2.24, 2.45) is 0 Å². The van der Waals surface area contributed by atoms with Crippen LogP contribution in [-0.4, -0.2) is 27.1 Å². The Kier molecular flexibility index (Phi) is 7.10. The maximum absolute atomic E-state index is 5.71. The number of thiocarbonyl (C=S) groups is 1. The number of hydrogen-bond acceptors (Lipinski definition) is 2. The van der Waals surface area contributed by atoms with Crippen molar-refractivity contribution in [1.82, 2.24) is 15.2 Å². The van der Waals surface area contributed by atoms with Gasteiger partial charge in [0.05, 0.1) is 0 Å². The molecule has 0 aromatic carbocycles. The molecular weight excluding hydrogens is 290 g/mol. The van der Waals surface area contributed by atoms with Crippen LogP contribution in [0.1, 0.15) is 64.4 Å². The second-order valence-electron chi connectivity index (χ2n) is 6.26. The van der Waals surface area contributed by atoms with Gasteiger partial charge in [-0.15, -0.1) is 0 Å². The van der Waals surface area contributed by atoms with Crippen molar-refractivity contribution in [2.75, 3.05) is 0 Å². The second kappa shape index (κ2) is 9.09. The van der Waals surface area contributed by atoms with Crippen LogP contribution in [0.25, 0.3) is 0 Å². The molecule has 1 fully saturated rings. The van der Waals surface area contributed by atoms with Crippen LogP contribution in [0, 0.1) is 0 Å².